The van der Waals surface area contributed by atoms with Gasteiger partial charge in [0.1, 0.15) is 17.8 Å². The number of carboxylic acids is 1. The van der Waals surface area contributed by atoms with Crippen LogP contribution in [-0.2, 0) is 25.7 Å². The standard InChI is InChI=1S/C22H29FN4O6/c1-4-6-7-8-15(11-18(28)29)33-22(32)13(3)25-20(30)17(5-2)27-21(31)19-16(23)10-9-14(12-24)26-19/h5,7-10,13,15H,4,6,11-12,24H2,1-3H3,(H,25,30)(H,27,31)(H,28,29)/b8-7+,17-5-/t13-,15+/m0/s1. The molecule has 1 aromatic heterocycles. The third-order valence-corrected chi connectivity index (χ3v) is 4.26. The lowest BCUT2D eigenvalue weighted by Crippen LogP contribution is -2.44. The van der Waals surface area contributed by atoms with Crippen molar-refractivity contribution in [1.29, 1.82) is 0 Å². The van der Waals surface area contributed by atoms with E-state index in [-0.39, 0.29) is 17.9 Å². The molecule has 0 aliphatic carbocycles. The van der Waals surface area contributed by atoms with Crippen LogP contribution in [0.5, 0.6) is 0 Å². The second kappa shape index (κ2) is 13.7. The van der Waals surface area contributed by atoms with Gasteiger partial charge in [0.2, 0.25) is 0 Å². The van der Waals surface area contributed by atoms with Crippen molar-refractivity contribution in [2.75, 3.05) is 0 Å². The molecule has 1 aromatic rings. The van der Waals surface area contributed by atoms with E-state index in [0.717, 1.165) is 12.5 Å². The normalized spacial score (nSPS) is 13.3. The summed E-state index contributed by atoms with van der Waals surface area (Å²) in [5, 5.41) is 13.6. The Morgan fingerprint density at radius 2 is 2.00 bits per heavy atom. The lowest BCUT2D eigenvalue weighted by Gasteiger charge is -2.18. The first-order valence-corrected chi connectivity index (χ1v) is 10.4. The van der Waals surface area contributed by atoms with Crippen LogP contribution in [0.1, 0.15) is 56.2 Å². The lowest BCUT2D eigenvalue weighted by molar-refractivity contribution is -0.153. The van der Waals surface area contributed by atoms with Crippen molar-refractivity contribution in [3.8, 4) is 0 Å². The number of carbonyl (C=O) groups is 4. The number of hydrogen-bond donors (Lipinski definition) is 4. The number of hydrogen-bond acceptors (Lipinski definition) is 7. The highest BCUT2D eigenvalue weighted by molar-refractivity contribution is 6.03. The molecular weight excluding hydrogens is 435 g/mol. The topological polar surface area (TPSA) is 161 Å². The Morgan fingerprint density at radius 1 is 1.30 bits per heavy atom. The number of nitrogens with one attached hydrogen (secondary N) is 2. The number of allylic oxidation sites excluding steroid dienone is 2. The van der Waals surface area contributed by atoms with Crippen molar-refractivity contribution in [2.45, 2.75) is 58.7 Å². The average molecular weight is 464 g/mol. The minimum Gasteiger partial charge on any atom is -0.481 e. The smallest absolute Gasteiger partial charge is 0.328 e. The van der Waals surface area contributed by atoms with Gasteiger partial charge in [-0.25, -0.2) is 14.2 Å². The molecule has 5 N–H and O–H groups in total. The molecule has 1 heterocycles. The molecule has 2 amide bonds. The number of pyridine rings is 1. The molecule has 0 fully saturated rings. The molecular formula is C22H29FN4O6. The molecule has 180 valence electrons. The molecule has 0 unspecified atom stereocenters. The quantitative estimate of drug-likeness (QED) is 0.206. The highest BCUT2D eigenvalue weighted by Gasteiger charge is 2.24. The van der Waals surface area contributed by atoms with Crippen LogP contribution in [0, 0.1) is 5.82 Å². The lowest BCUT2D eigenvalue weighted by atomic mass is 10.2. The molecule has 33 heavy (non-hydrogen) atoms. The highest BCUT2D eigenvalue weighted by Crippen LogP contribution is 2.08. The summed E-state index contributed by atoms with van der Waals surface area (Å²) in [5.74, 6) is -4.70. The molecule has 0 saturated heterocycles. The zero-order valence-corrected chi connectivity index (χ0v) is 18.8. The molecule has 0 spiro atoms. The van der Waals surface area contributed by atoms with Gasteiger partial charge in [0.05, 0.1) is 12.1 Å². The molecule has 0 aromatic carbocycles. The number of nitrogens with zero attached hydrogens (tertiary/aromatic N) is 1. The second-order valence-electron chi connectivity index (χ2n) is 6.98. The number of rotatable bonds is 12. The van der Waals surface area contributed by atoms with Crippen LogP contribution in [-0.4, -0.2) is 46.0 Å². The molecule has 0 saturated carbocycles. The zero-order chi connectivity index (χ0) is 25.0. The zero-order valence-electron chi connectivity index (χ0n) is 18.8. The van der Waals surface area contributed by atoms with Gasteiger partial charge in [-0.3, -0.25) is 14.4 Å². The third-order valence-electron chi connectivity index (χ3n) is 4.26. The van der Waals surface area contributed by atoms with Gasteiger partial charge in [-0.15, -0.1) is 0 Å². The molecule has 10 nitrogen and oxygen atoms in total. The van der Waals surface area contributed by atoms with E-state index in [1.165, 1.54) is 32.1 Å². The molecule has 0 bridgehead atoms. The van der Waals surface area contributed by atoms with Gasteiger partial charge in [0.15, 0.2) is 11.5 Å². The van der Waals surface area contributed by atoms with Crippen LogP contribution >= 0.6 is 0 Å². The SMILES string of the molecule is C/C=C(\NC(=O)c1nc(CN)ccc1F)C(=O)N[C@@H](C)C(=O)O[C@H](/C=C/CCC)CC(=O)O. The summed E-state index contributed by atoms with van der Waals surface area (Å²) in [6, 6.07) is 1.22. The van der Waals surface area contributed by atoms with Crippen LogP contribution in [0.25, 0.3) is 0 Å². The maximum absolute atomic E-state index is 14.0. The Kier molecular flexibility index (Phi) is 11.4. The first-order chi connectivity index (χ1) is 15.6. The maximum Gasteiger partial charge on any atom is 0.328 e. The van der Waals surface area contributed by atoms with E-state index in [1.54, 1.807) is 6.08 Å². The number of aromatic nitrogens is 1. The Labute approximate surface area is 191 Å². The number of ether oxygens (including phenoxy) is 1. The van der Waals surface area contributed by atoms with Crippen molar-refractivity contribution in [3.63, 3.8) is 0 Å². The van der Waals surface area contributed by atoms with Crippen LogP contribution < -0.4 is 16.4 Å². The Bertz CT molecular complexity index is 931. The van der Waals surface area contributed by atoms with E-state index in [9.17, 15) is 23.6 Å². The molecule has 2 atom stereocenters. The van der Waals surface area contributed by atoms with Gasteiger partial charge in [0, 0.05) is 6.54 Å². The van der Waals surface area contributed by atoms with E-state index < -0.39 is 53.8 Å². The predicted molar refractivity (Wildman–Crippen MR) is 117 cm³/mol. The Morgan fingerprint density at radius 3 is 2.58 bits per heavy atom. The van der Waals surface area contributed by atoms with Gasteiger partial charge < -0.3 is 26.2 Å². The van der Waals surface area contributed by atoms with E-state index in [0.29, 0.717) is 6.42 Å². The highest BCUT2D eigenvalue weighted by atomic mass is 19.1. The molecule has 0 aliphatic heterocycles. The first kappa shape index (κ1) is 27.4. The van der Waals surface area contributed by atoms with Crippen LogP contribution in [0.4, 0.5) is 4.39 Å². The number of unbranched alkanes of at least 4 members (excludes halogenated alkanes) is 1. The van der Waals surface area contributed by atoms with Crippen LogP contribution in [0.3, 0.4) is 0 Å². The number of amides is 2. The van der Waals surface area contributed by atoms with Crippen molar-refractivity contribution in [2.24, 2.45) is 5.73 Å². The van der Waals surface area contributed by atoms with Crippen molar-refractivity contribution in [3.05, 3.63) is 53.3 Å². The van der Waals surface area contributed by atoms with Gasteiger partial charge in [-0.1, -0.05) is 25.5 Å². The van der Waals surface area contributed by atoms with Gasteiger partial charge in [-0.2, -0.15) is 0 Å². The van der Waals surface area contributed by atoms with Crippen LogP contribution in [0.2, 0.25) is 0 Å². The van der Waals surface area contributed by atoms with E-state index >= 15 is 0 Å². The Balaban J connectivity index is 2.80. The summed E-state index contributed by atoms with van der Waals surface area (Å²) in [6.07, 6.45) is 4.56. The van der Waals surface area contributed by atoms with Crippen LogP contribution in [0.15, 0.2) is 36.1 Å². The number of esters is 1. The fourth-order valence-electron chi connectivity index (χ4n) is 2.52. The number of carbonyl (C=O) groups excluding carboxylic acids is 3. The van der Waals surface area contributed by atoms with Gasteiger partial charge in [-0.05, 0) is 38.5 Å². The minimum atomic E-state index is -1.16. The summed E-state index contributed by atoms with van der Waals surface area (Å²) in [4.78, 5) is 52.0. The van der Waals surface area contributed by atoms with Gasteiger partial charge >= 0.3 is 11.9 Å². The van der Waals surface area contributed by atoms with Crippen molar-refractivity contribution < 1.29 is 33.4 Å². The second-order valence-corrected chi connectivity index (χ2v) is 6.98. The Hall–Kier alpha value is -3.60. The first-order valence-electron chi connectivity index (χ1n) is 10.4. The number of aliphatic carboxylic acids is 1. The maximum atomic E-state index is 14.0. The summed E-state index contributed by atoms with van der Waals surface area (Å²) in [7, 11) is 0. The van der Waals surface area contributed by atoms with E-state index in [1.807, 2.05) is 6.92 Å². The summed E-state index contributed by atoms with van der Waals surface area (Å²) >= 11 is 0. The fourth-order valence-corrected chi connectivity index (χ4v) is 2.52. The largest absolute Gasteiger partial charge is 0.481 e. The number of nitrogens with two attached hydrogens (primary N) is 1. The average Bonchev–Trinajstić information content (AvgIpc) is 2.77. The van der Waals surface area contributed by atoms with Crippen molar-refractivity contribution in [1.82, 2.24) is 15.6 Å². The van der Waals surface area contributed by atoms with E-state index in [4.69, 9.17) is 15.6 Å². The molecule has 0 radical (unpaired) electrons. The summed E-state index contributed by atoms with van der Waals surface area (Å²) < 4.78 is 19.1. The minimum absolute atomic E-state index is 0.00630. The summed E-state index contributed by atoms with van der Waals surface area (Å²) in [5.41, 5.74) is 4.95. The van der Waals surface area contributed by atoms with Crippen molar-refractivity contribution >= 4 is 23.8 Å². The molecule has 11 heteroatoms. The molecule has 1 rings (SSSR count). The third kappa shape index (κ3) is 9.19. The predicted octanol–water partition coefficient (Wildman–Crippen LogP) is 1.56. The number of carboxylic acid groups (broad SMARTS) is 1. The molecule has 0 aliphatic rings. The van der Waals surface area contributed by atoms with Gasteiger partial charge in [0.25, 0.3) is 11.8 Å². The van der Waals surface area contributed by atoms with E-state index in [2.05, 4.69) is 15.6 Å². The number of halogens is 1. The fraction of sp³-hybridized carbons (Fsp3) is 0.409. The summed E-state index contributed by atoms with van der Waals surface area (Å²) in [6.45, 7) is 4.74. The monoisotopic (exact) mass is 464 g/mol.